The molecule has 23 heavy (non-hydrogen) atoms. The second kappa shape index (κ2) is 8.00. The molecular formula is C14H20F3N3O3. The number of aliphatic hydroxyl groups is 1. The molecule has 0 bridgehead atoms. The van der Waals surface area contributed by atoms with Gasteiger partial charge < -0.3 is 20.3 Å². The first-order valence-electron chi connectivity index (χ1n) is 7.08. The fourth-order valence-corrected chi connectivity index (χ4v) is 1.99. The number of urea groups is 1. The van der Waals surface area contributed by atoms with E-state index in [1.54, 1.807) is 0 Å². The zero-order valence-electron chi connectivity index (χ0n) is 12.9. The molecule has 0 spiro atoms. The van der Waals surface area contributed by atoms with Gasteiger partial charge >= 0.3 is 12.2 Å². The summed E-state index contributed by atoms with van der Waals surface area (Å²) in [6, 6.07) is 1.45. The summed E-state index contributed by atoms with van der Waals surface area (Å²) in [4.78, 5) is 23.8. The smallest absolute Gasteiger partial charge is 0.396 e. The molecule has 0 radical (unpaired) electrons. The Bertz CT molecular complexity index is 585. The van der Waals surface area contributed by atoms with Gasteiger partial charge in [-0.1, -0.05) is 13.8 Å². The molecule has 0 aliphatic rings. The first kappa shape index (κ1) is 19.0. The Morgan fingerprint density at radius 1 is 1.39 bits per heavy atom. The molecular weight excluding hydrogens is 315 g/mol. The minimum absolute atomic E-state index is 0.0468. The van der Waals surface area contributed by atoms with Crippen molar-refractivity contribution < 1.29 is 23.1 Å². The molecule has 0 saturated heterocycles. The fourth-order valence-electron chi connectivity index (χ4n) is 1.99. The Morgan fingerprint density at radius 3 is 2.57 bits per heavy atom. The first-order valence-corrected chi connectivity index (χ1v) is 7.08. The molecule has 0 fully saturated rings. The number of aliphatic hydroxyl groups excluding tert-OH is 1. The summed E-state index contributed by atoms with van der Waals surface area (Å²) in [5.74, 6) is 0.0468. The summed E-state index contributed by atoms with van der Waals surface area (Å²) in [5.41, 5.74) is -1.19. The van der Waals surface area contributed by atoms with Gasteiger partial charge in [0.05, 0.1) is 0 Å². The van der Waals surface area contributed by atoms with Crippen LogP contribution in [-0.2, 0) is 6.54 Å². The molecule has 1 rings (SSSR count). The summed E-state index contributed by atoms with van der Waals surface area (Å²) in [5, 5.41) is 13.8. The largest absolute Gasteiger partial charge is 0.406 e. The molecule has 3 N–H and O–H groups in total. The Balaban J connectivity index is 2.83. The minimum atomic E-state index is -4.53. The SMILES string of the molecule is CC(C)C(CCO)NC(=O)Nc1cccn(CC(F)(F)F)c1=O. The molecule has 1 atom stereocenters. The van der Waals surface area contributed by atoms with E-state index in [9.17, 15) is 22.8 Å². The zero-order chi connectivity index (χ0) is 17.6. The van der Waals surface area contributed by atoms with E-state index in [-0.39, 0.29) is 24.3 Å². The fraction of sp³-hybridized carbons (Fsp3) is 0.571. The Labute approximate surface area is 131 Å². The van der Waals surface area contributed by atoms with Crippen LogP contribution in [0, 0.1) is 5.92 Å². The number of anilines is 1. The molecule has 1 unspecified atom stereocenters. The van der Waals surface area contributed by atoms with Crippen LogP contribution in [0.5, 0.6) is 0 Å². The Morgan fingerprint density at radius 2 is 2.04 bits per heavy atom. The van der Waals surface area contributed by atoms with Crippen molar-refractivity contribution in [2.24, 2.45) is 5.92 Å². The quantitative estimate of drug-likeness (QED) is 0.743. The lowest BCUT2D eigenvalue weighted by Crippen LogP contribution is -2.42. The second-order valence-corrected chi connectivity index (χ2v) is 5.43. The summed E-state index contributed by atoms with van der Waals surface area (Å²) in [6.07, 6.45) is -3.20. The molecule has 1 heterocycles. The number of pyridine rings is 1. The molecule has 0 aliphatic carbocycles. The zero-order valence-corrected chi connectivity index (χ0v) is 12.9. The van der Waals surface area contributed by atoms with Crippen molar-refractivity contribution in [3.8, 4) is 0 Å². The standard InChI is InChI=1S/C14H20F3N3O3/c1-9(2)10(5-7-21)18-13(23)19-11-4-3-6-20(12(11)22)8-14(15,16)17/h3-4,6,9-10,21H,5,7-8H2,1-2H3,(H2,18,19,23). The minimum Gasteiger partial charge on any atom is -0.396 e. The van der Waals surface area contributed by atoms with Crippen LogP contribution in [0.4, 0.5) is 23.7 Å². The number of hydrogen-bond donors (Lipinski definition) is 3. The van der Waals surface area contributed by atoms with Crippen molar-refractivity contribution in [1.29, 1.82) is 0 Å². The maximum Gasteiger partial charge on any atom is 0.406 e. The number of rotatable bonds is 6. The molecule has 1 aromatic rings. The van der Waals surface area contributed by atoms with E-state index in [0.29, 0.717) is 11.0 Å². The number of hydrogen-bond acceptors (Lipinski definition) is 3. The molecule has 0 aliphatic heterocycles. The summed E-state index contributed by atoms with van der Waals surface area (Å²) in [6.45, 7) is 2.15. The predicted octanol–water partition coefficient (Wildman–Crippen LogP) is 1.94. The molecule has 9 heteroatoms. The van der Waals surface area contributed by atoms with Gasteiger partial charge in [-0.2, -0.15) is 13.2 Å². The number of carbonyl (C=O) groups excluding carboxylic acids is 1. The molecule has 6 nitrogen and oxygen atoms in total. The van der Waals surface area contributed by atoms with Gasteiger partial charge in [0.2, 0.25) is 0 Å². The van der Waals surface area contributed by atoms with Gasteiger partial charge in [-0.25, -0.2) is 4.79 Å². The maximum atomic E-state index is 12.4. The monoisotopic (exact) mass is 335 g/mol. The van der Waals surface area contributed by atoms with Crippen LogP contribution in [-0.4, -0.2) is 34.5 Å². The number of alkyl halides is 3. The summed E-state index contributed by atoms with van der Waals surface area (Å²) < 4.78 is 37.6. The number of nitrogens with one attached hydrogen (secondary N) is 2. The van der Waals surface area contributed by atoms with E-state index < -0.39 is 24.3 Å². The van der Waals surface area contributed by atoms with E-state index in [2.05, 4.69) is 10.6 Å². The van der Waals surface area contributed by atoms with Gasteiger partial charge in [0, 0.05) is 18.8 Å². The average Bonchev–Trinajstić information content (AvgIpc) is 2.41. The Hall–Kier alpha value is -2.03. The van der Waals surface area contributed by atoms with Gasteiger partial charge in [-0.3, -0.25) is 4.79 Å². The van der Waals surface area contributed by atoms with Crippen molar-refractivity contribution >= 4 is 11.7 Å². The number of carbonyl (C=O) groups is 1. The highest BCUT2D eigenvalue weighted by atomic mass is 19.4. The van der Waals surface area contributed by atoms with Gasteiger partial charge in [0.1, 0.15) is 12.2 Å². The third-order valence-electron chi connectivity index (χ3n) is 3.18. The van der Waals surface area contributed by atoms with E-state index in [0.717, 1.165) is 6.20 Å². The number of amides is 2. The first-order chi connectivity index (χ1) is 10.6. The molecule has 1 aromatic heterocycles. The summed E-state index contributed by atoms with van der Waals surface area (Å²) >= 11 is 0. The van der Waals surface area contributed by atoms with Crippen molar-refractivity contribution in [3.63, 3.8) is 0 Å². The molecule has 2 amide bonds. The van der Waals surface area contributed by atoms with Crippen LogP contribution in [0.1, 0.15) is 20.3 Å². The number of halogens is 3. The van der Waals surface area contributed by atoms with Crippen LogP contribution in [0.2, 0.25) is 0 Å². The highest BCUT2D eigenvalue weighted by Crippen LogP contribution is 2.16. The number of aromatic nitrogens is 1. The lowest BCUT2D eigenvalue weighted by Gasteiger charge is -2.21. The van der Waals surface area contributed by atoms with Crippen LogP contribution in [0.25, 0.3) is 0 Å². The van der Waals surface area contributed by atoms with Gasteiger partial charge in [-0.15, -0.1) is 0 Å². The maximum absolute atomic E-state index is 12.4. The predicted molar refractivity (Wildman–Crippen MR) is 79.2 cm³/mol. The third kappa shape index (κ3) is 6.31. The van der Waals surface area contributed by atoms with Crippen LogP contribution in [0.15, 0.2) is 23.1 Å². The molecule has 0 saturated carbocycles. The van der Waals surface area contributed by atoms with Gasteiger partial charge in [0.15, 0.2) is 0 Å². The lowest BCUT2D eigenvalue weighted by atomic mass is 10.0. The topological polar surface area (TPSA) is 83.4 Å². The van der Waals surface area contributed by atoms with Crippen LogP contribution < -0.4 is 16.2 Å². The lowest BCUT2D eigenvalue weighted by molar-refractivity contribution is -0.141. The molecule has 130 valence electrons. The Kier molecular flexibility index (Phi) is 6.62. The highest BCUT2D eigenvalue weighted by molar-refractivity contribution is 5.89. The molecule has 0 aromatic carbocycles. The van der Waals surface area contributed by atoms with Crippen LogP contribution in [0.3, 0.4) is 0 Å². The van der Waals surface area contributed by atoms with E-state index in [1.165, 1.54) is 12.1 Å². The van der Waals surface area contributed by atoms with Gasteiger partial charge in [-0.05, 0) is 24.5 Å². The van der Waals surface area contributed by atoms with E-state index in [1.807, 2.05) is 13.8 Å². The van der Waals surface area contributed by atoms with Crippen LogP contribution >= 0.6 is 0 Å². The highest BCUT2D eigenvalue weighted by Gasteiger charge is 2.28. The van der Waals surface area contributed by atoms with Crippen molar-refractivity contribution in [3.05, 3.63) is 28.7 Å². The third-order valence-corrected chi connectivity index (χ3v) is 3.18. The van der Waals surface area contributed by atoms with E-state index in [4.69, 9.17) is 5.11 Å². The van der Waals surface area contributed by atoms with Crippen molar-refractivity contribution in [1.82, 2.24) is 9.88 Å². The normalized spacial score (nSPS) is 13.0. The number of nitrogens with zero attached hydrogens (tertiary/aromatic N) is 1. The van der Waals surface area contributed by atoms with Crippen molar-refractivity contribution in [2.45, 2.75) is 39.0 Å². The van der Waals surface area contributed by atoms with Gasteiger partial charge in [0.25, 0.3) is 5.56 Å². The summed E-state index contributed by atoms with van der Waals surface area (Å²) in [7, 11) is 0. The average molecular weight is 335 g/mol. The van der Waals surface area contributed by atoms with Crippen molar-refractivity contribution in [2.75, 3.05) is 11.9 Å². The van der Waals surface area contributed by atoms with E-state index >= 15 is 0 Å². The second-order valence-electron chi connectivity index (χ2n) is 5.43.